The highest BCUT2D eigenvalue weighted by Gasteiger charge is 2.15. The van der Waals surface area contributed by atoms with Crippen LogP contribution >= 0.6 is 27.5 Å². The Labute approximate surface area is 137 Å². The Bertz CT molecular complexity index is 663. The van der Waals surface area contributed by atoms with Crippen molar-refractivity contribution in [1.29, 1.82) is 0 Å². The average Bonchev–Trinajstić information content (AvgIpc) is 2.73. The van der Waals surface area contributed by atoms with Crippen LogP contribution in [-0.2, 0) is 0 Å². The van der Waals surface area contributed by atoms with E-state index in [1.54, 1.807) is 0 Å². The summed E-state index contributed by atoms with van der Waals surface area (Å²) in [5.74, 6) is 1.54. The minimum absolute atomic E-state index is 0.240. The van der Waals surface area contributed by atoms with Crippen molar-refractivity contribution >= 4 is 27.5 Å². The van der Waals surface area contributed by atoms with Crippen LogP contribution in [0.1, 0.15) is 23.6 Å². The number of hydrogen-bond acceptors (Lipinski definition) is 3. The molecule has 0 aromatic heterocycles. The summed E-state index contributed by atoms with van der Waals surface area (Å²) >= 11 is 9.45. The molecule has 3 rings (SSSR count). The number of ether oxygens (including phenoxy) is 2. The first kappa shape index (κ1) is 14.7. The minimum Gasteiger partial charge on any atom is -0.490 e. The first-order valence-corrected chi connectivity index (χ1v) is 7.92. The van der Waals surface area contributed by atoms with Gasteiger partial charge < -0.3 is 15.2 Å². The van der Waals surface area contributed by atoms with Crippen molar-refractivity contribution < 1.29 is 9.47 Å². The van der Waals surface area contributed by atoms with Crippen LogP contribution in [0.2, 0.25) is 5.02 Å². The van der Waals surface area contributed by atoms with Gasteiger partial charge in [-0.15, -0.1) is 0 Å². The fraction of sp³-hybridized carbons (Fsp3) is 0.250. The Kier molecular flexibility index (Phi) is 4.38. The van der Waals surface area contributed by atoms with E-state index in [0.29, 0.717) is 18.2 Å². The molecule has 0 amide bonds. The third-order valence-corrected chi connectivity index (χ3v) is 4.65. The van der Waals surface area contributed by atoms with Crippen molar-refractivity contribution in [3.05, 3.63) is 57.0 Å². The first-order chi connectivity index (χ1) is 10.1. The molecule has 2 N–H and O–H groups in total. The quantitative estimate of drug-likeness (QED) is 0.859. The van der Waals surface area contributed by atoms with Gasteiger partial charge in [0.25, 0.3) is 0 Å². The molecule has 5 heteroatoms. The molecular formula is C16H15BrClNO2. The lowest BCUT2D eigenvalue weighted by Crippen LogP contribution is -2.12. The van der Waals surface area contributed by atoms with E-state index >= 15 is 0 Å². The molecule has 2 aromatic carbocycles. The Morgan fingerprint density at radius 3 is 2.43 bits per heavy atom. The van der Waals surface area contributed by atoms with Crippen LogP contribution in [0.5, 0.6) is 11.5 Å². The zero-order valence-electron chi connectivity index (χ0n) is 11.3. The molecule has 3 nitrogen and oxygen atoms in total. The van der Waals surface area contributed by atoms with Crippen LogP contribution in [0.25, 0.3) is 0 Å². The molecule has 1 atom stereocenters. The van der Waals surface area contributed by atoms with Gasteiger partial charge in [0, 0.05) is 10.9 Å². The molecule has 0 radical (unpaired) electrons. The van der Waals surface area contributed by atoms with Gasteiger partial charge in [0.2, 0.25) is 0 Å². The van der Waals surface area contributed by atoms with Crippen LogP contribution in [0, 0.1) is 0 Å². The minimum atomic E-state index is -0.240. The summed E-state index contributed by atoms with van der Waals surface area (Å²) in [5.41, 5.74) is 8.31. The van der Waals surface area contributed by atoms with Gasteiger partial charge in [0.1, 0.15) is 0 Å². The number of hydrogen-bond donors (Lipinski definition) is 1. The third-order valence-electron chi connectivity index (χ3n) is 3.43. The molecule has 110 valence electrons. The van der Waals surface area contributed by atoms with Gasteiger partial charge in [-0.3, -0.25) is 0 Å². The normalized spacial score (nSPS) is 15.4. The van der Waals surface area contributed by atoms with E-state index in [1.807, 2.05) is 36.4 Å². The van der Waals surface area contributed by atoms with E-state index in [4.69, 9.17) is 26.8 Å². The summed E-state index contributed by atoms with van der Waals surface area (Å²) in [7, 11) is 0. The second kappa shape index (κ2) is 6.26. The molecule has 0 saturated heterocycles. The van der Waals surface area contributed by atoms with Crippen LogP contribution in [0.15, 0.2) is 40.9 Å². The molecular weight excluding hydrogens is 354 g/mol. The Morgan fingerprint density at radius 2 is 1.67 bits per heavy atom. The smallest absolute Gasteiger partial charge is 0.161 e. The van der Waals surface area contributed by atoms with Crippen molar-refractivity contribution in [2.75, 3.05) is 13.2 Å². The number of nitrogens with two attached hydrogens (primary N) is 1. The molecule has 0 spiro atoms. The lowest BCUT2D eigenvalue weighted by Gasteiger charge is -2.16. The molecule has 2 aromatic rings. The van der Waals surface area contributed by atoms with E-state index in [1.165, 1.54) is 0 Å². The van der Waals surface area contributed by atoms with Crippen molar-refractivity contribution in [2.24, 2.45) is 5.73 Å². The molecule has 0 aliphatic carbocycles. The zero-order valence-corrected chi connectivity index (χ0v) is 13.7. The maximum absolute atomic E-state index is 6.35. The summed E-state index contributed by atoms with van der Waals surface area (Å²) in [6, 6.07) is 11.3. The second-order valence-corrected chi connectivity index (χ2v) is 6.17. The average molecular weight is 369 g/mol. The van der Waals surface area contributed by atoms with Gasteiger partial charge in [0.05, 0.1) is 24.3 Å². The van der Waals surface area contributed by atoms with Crippen molar-refractivity contribution in [1.82, 2.24) is 0 Å². The highest BCUT2D eigenvalue weighted by atomic mass is 79.9. The number of fused-ring (bicyclic) bond motifs is 1. The fourth-order valence-electron chi connectivity index (χ4n) is 2.27. The highest BCUT2D eigenvalue weighted by Crippen LogP contribution is 2.34. The monoisotopic (exact) mass is 367 g/mol. The van der Waals surface area contributed by atoms with Gasteiger partial charge in [-0.25, -0.2) is 0 Å². The molecule has 1 aliphatic rings. The van der Waals surface area contributed by atoms with Gasteiger partial charge >= 0.3 is 0 Å². The largest absolute Gasteiger partial charge is 0.490 e. The fourth-order valence-corrected chi connectivity index (χ4v) is 2.79. The molecule has 0 fully saturated rings. The number of rotatable bonds is 2. The maximum Gasteiger partial charge on any atom is 0.161 e. The SMILES string of the molecule is NC(c1ccc(Cl)c(Br)c1)c1ccc2c(c1)OCCCO2. The van der Waals surface area contributed by atoms with Crippen molar-refractivity contribution in [3.8, 4) is 11.5 Å². The first-order valence-electron chi connectivity index (χ1n) is 6.75. The van der Waals surface area contributed by atoms with Crippen molar-refractivity contribution in [2.45, 2.75) is 12.5 Å². The van der Waals surface area contributed by atoms with E-state index in [0.717, 1.165) is 33.5 Å². The predicted molar refractivity (Wildman–Crippen MR) is 87.2 cm³/mol. The predicted octanol–water partition coefficient (Wildman–Crippen LogP) is 4.31. The Balaban J connectivity index is 1.92. The van der Waals surface area contributed by atoms with Crippen LogP contribution < -0.4 is 15.2 Å². The van der Waals surface area contributed by atoms with Gasteiger partial charge in [-0.1, -0.05) is 23.7 Å². The molecule has 1 unspecified atom stereocenters. The van der Waals surface area contributed by atoms with Crippen molar-refractivity contribution in [3.63, 3.8) is 0 Å². The summed E-state index contributed by atoms with van der Waals surface area (Å²) in [5, 5.41) is 0.671. The lowest BCUT2D eigenvalue weighted by molar-refractivity contribution is 0.297. The third kappa shape index (κ3) is 3.18. The van der Waals surface area contributed by atoms with Gasteiger partial charge in [-0.2, -0.15) is 0 Å². The van der Waals surface area contributed by atoms with Crippen LogP contribution in [0.3, 0.4) is 0 Å². The molecule has 0 saturated carbocycles. The Hall–Kier alpha value is -1.23. The Morgan fingerprint density at radius 1 is 1.00 bits per heavy atom. The van der Waals surface area contributed by atoms with Crippen LogP contribution in [-0.4, -0.2) is 13.2 Å². The van der Waals surface area contributed by atoms with E-state index in [-0.39, 0.29) is 6.04 Å². The number of benzene rings is 2. The second-order valence-electron chi connectivity index (χ2n) is 4.91. The lowest BCUT2D eigenvalue weighted by atomic mass is 9.99. The summed E-state index contributed by atoms with van der Waals surface area (Å²) in [6.45, 7) is 1.35. The van der Waals surface area contributed by atoms with E-state index in [9.17, 15) is 0 Å². The van der Waals surface area contributed by atoms with Gasteiger partial charge in [-0.05, 0) is 51.3 Å². The molecule has 1 heterocycles. The summed E-state index contributed by atoms with van der Waals surface area (Å²) < 4.78 is 12.2. The summed E-state index contributed by atoms with van der Waals surface area (Å²) in [4.78, 5) is 0. The zero-order chi connectivity index (χ0) is 14.8. The van der Waals surface area contributed by atoms with E-state index in [2.05, 4.69) is 15.9 Å². The highest BCUT2D eigenvalue weighted by molar-refractivity contribution is 9.10. The van der Waals surface area contributed by atoms with Crippen LogP contribution in [0.4, 0.5) is 0 Å². The van der Waals surface area contributed by atoms with Gasteiger partial charge in [0.15, 0.2) is 11.5 Å². The standard InChI is InChI=1S/C16H15BrClNO2/c17-12-8-10(2-4-13(12)18)16(19)11-3-5-14-15(9-11)21-7-1-6-20-14/h2-5,8-9,16H,1,6-7,19H2. The van der Waals surface area contributed by atoms with E-state index < -0.39 is 0 Å². The number of halogens is 2. The molecule has 1 aliphatic heterocycles. The molecule has 21 heavy (non-hydrogen) atoms. The topological polar surface area (TPSA) is 44.5 Å². The summed E-state index contributed by atoms with van der Waals surface area (Å²) in [6.07, 6.45) is 0.889. The molecule has 0 bridgehead atoms. The maximum atomic E-state index is 6.35.